The number of aromatic hydroxyl groups is 1. The largest absolute Gasteiger partial charge is 0.508 e. The zero-order chi connectivity index (χ0) is 36.3. The molecule has 0 saturated carbocycles. The molecule has 4 amide bonds. The minimum absolute atomic E-state index is 0. The topological polar surface area (TPSA) is 127 Å². The molecule has 13 heteroatoms. The average Bonchev–Trinajstić information content (AvgIpc) is 3.66. The first kappa shape index (κ1) is 36.5. The quantitative estimate of drug-likeness (QED) is 0.212. The third-order valence-corrected chi connectivity index (χ3v) is 9.79. The summed E-state index contributed by atoms with van der Waals surface area (Å²) in [5.41, 5.74) is 5.05. The fourth-order valence-corrected chi connectivity index (χ4v) is 7.26. The Morgan fingerprint density at radius 3 is 2.33 bits per heavy atom. The van der Waals surface area contributed by atoms with Crippen molar-refractivity contribution in [1.82, 2.24) is 39.9 Å². The molecule has 8 rings (SSSR count). The van der Waals surface area contributed by atoms with E-state index in [1.165, 1.54) is 0 Å². The number of hydrazine groups is 1. The summed E-state index contributed by atoms with van der Waals surface area (Å²) in [4.78, 5) is 51.3. The van der Waals surface area contributed by atoms with Crippen LogP contribution < -0.4 is 5.32 Å². The number of nitrogens with one attached hydrogen (secondary N) is 1. The molecule has 2 fully saturated rings. The molecule has 2 aromatic heterocycles. The third-order valence-electron chi connectivity index (χ3n) is 9.79. The van der Waals surface area contributed by atoms with E-state index in [0.717, 1.165) is 38.8 Å². The zero-order valence-corrected chi connectivity index (χ0v) is 32.2. The van der Waals surface area contributed by atoms with E-state index in [1.54, 1.807) is 61.2 Å². The number of phenols is 1. The summed E-state index contributed by atoms with van der Waals surface area (Å²) in [6, 6.07) is 34.4. The van der Waals surface area contributed by atoms with E-state index in [4.69, 9.17) is 0 Å². The van der Waals surface area contributed by atoms with Crippen LogP contribution >= 0.6 is 0 Å². The number of nitrogens with zero attached hydrogens (tertiary/aromatic N) is 7. The van der Waals surface area contributed by atoms with Crippen LogP contribution in [0, 0.1) is 0 Å². The van der Waals surface area contributed by atoms with Crippen molar-refractivity contribution < 1.29 is 40.6 Å². The maximum Gasteiger partial charge on any atom is 0.334 e. The van der Waals surface area contributed by atoms with Crippen molar-refractivity contribution in [3.8, 4) is 11.4 Å². The van der Waals surface area contributed by atoms with Gasteiger partial charge in [0.05, 0.1) is 30.5 Å². The van der Waals surface area contributed by atoms with Crippen molar-refractivity contribution in [2.24, 2.45) is 0 Å². The summed E-state index contributed by atoms with van der Waals surface area (Å²) in [6.45, 7) is 0.696. The number of phenolic OH excluding ortho intramolecular Hbond substituents is 1. The second-order valence-corrected chi connectivity index (χ2v) is 13.3. The number of para-hydroxylation sites is 2. The molecule has 54 heavy (non-hydrogen) atoms. The molecule has 0 radical (unpaired) electrons. The van der Waals surface area contributed by atoms with Gasteiger partial charge in [-0.15, -0.1) is 0 Å². The van der Waals surface area contributed by atoms with Crippen LogP contribution in [-0.4, -0.2) is 82.8 Å². The van der Waals surface area contributed by atoms with Crippen molar-refractivity contribution in [3.63, 3.8) is 0 Å². The normalized spacial score (nSPS) is 17.3. The molecule has 0 aliphatic carbocycles. The molecule has 2 aliphatic rings. The monoisotopic (exact) mass is 890 g/mol. The molecular formula is C41H38N8O4W. The molecule has 0 unspecified atom stereocenters. The van der Waals surface area contributed by atoms with E-state index in [-0.39, 0.29) is 77.8 Å². The van der Waals surface area contributed by atoms with Crippen LogP contribution in [0.5, 0.6) is 5.75 Å². The first-order chi connectivity index (χ1) is 25.9. The van der Waals surface area contributed by atoms with Gasteiger partial charge in [-0.1, -0.05) is 84.9 Å². The minimum atomic E-state index is -0.902. The van der Waals surface area contributed by atoms with Crippen molar-refractivity contribution in [1.29, 1.82) is 0 Å². The Bertz CT molecular complexity index is 2250. The number of carbonyl (C=O) groups is 3. The van der Waals surface area contributed by atoms with Gasteiger partial charge in [0.25, 0.3) is 0 Å². The SMILES string of the molecule is O=C1[C@H](Cc2ccc(O)cc2)N2C(=O)CN(Cc3cnn(-c4ccccc4)c3)N(C(=O)NCc3ccccc3)[C@H]2CN1Cc1cccc2cccnc12.[W]. The predicted molar refractivity (Wildman–Crippen MR) is 198 cm³/mol. The maximum absolute atomic E-state index is 14.6. The number of amides is 4. The molecule has 0 bridgehead atoms. The van der Waals surface area contributed by atoms with E-state index in [9.17, 15) is 19.5 Å². The number of rotatable bonds is 9. The Balaban J connectivity index is 0.00000450. The smallest absolute Gasteiger partial charge is 0.334 e. The Hall–Kier alpha value is -5.84. The van der Waals surface area contributed by atoms with Crippen LogP contribution in [0.15, 0.2) is 134 Å². The molecule has 2 atom stereocenters. The van der Waals surface area contributed by atoms with Gasteiger partial charge in [0.15, 0.2) is 0 Å². The van der Waals surface area contributed by atoms with Gasteiger partial charge in [-0.25, -0.2) is 19.5 Å². The Morgan fingerprint density at radius 1 is 0.815 bits per heavy atom. The number of hydrogen-bond acceptors (Lipinski definition) is 7. The Morgan fingerprint density at radius 2 is 1.56 bits per heavy atom. The van der Waals surface area contributed by atoms with Crippen molar-refractivity contribution in [3.05, 3.63) is 156 Å². The number of piperazine rings is 1. The molecule has 2 N–H and O–H groups in total. The van der Waals surface area contributed by atoms with E-state index >= 15 is 0 Å². The maximum atomic E-state index is 14.6. The van der Waals surface area contributed by atoms with E-state index in [1.807, 2.05) is 97.2 Å². The van der Waals surface area contributed by atoms with Gasteiger partial charge in [-0.3, -0.25) is 14.6 Å². The standard InChI is InChI=1S/C41H38N8O4.W/c50-35-18-16-29(17-19-35)21-36-40(52)45(26-33-12-7-11-32-13-8-20-42-39(32)33)27-37-48(36)38(51)28-46(49(37)41(53)43-22-30-9-3-1-4-10-30)24-31-23-44-47(25-31)34-14-5-2-6-15-34;/h1-20,23,25,36-37,50H,21-22,24,26-28H2,(H,43,53);/t36-,37-;/m0./s1. The summed E-state index contributed by atoms with van der Waals surface area (Å²) >= 11 is 0. The molecule has 4 heterocycles. The number of benzene rings is 4. The minimum Gasteiger partial charge on any atom is -0.508 e. The van der Waals surface area contributed by atoms with Crippen LogP contribution in [0.1, 0.15) is 22.3 Å². The van der Waals surface area contributed by atoms with E-state index in [0.29, 0.717) is 0 Å². The first-order valence-corrected chi connectivity index (χ1v) is 17.6. The molecule has 0 spiro atoms. The van der Waals surface area contributed by atoms with Crippen molar-refractivity contribution >= 4 is 28.7 Å². The molecular weight excluding hydrogens is 852 g/mol. The van der Waals surface area contributed by atoms with Gasteiger partial charge in [-0.2, -0.15) is 5.10 Å². The summed E-state index contributed by atoms with van der Waals surface area (Å²) in [6.07, 6.45) is 4.75. The fourth-order valence-electron chi connectivity index (χ4n) is 7.26. The number of urea groups is 1. The van der Waals surface area contributed by atoms with E-state index < -0.39 is 18.2 Å². The van der Waals surface area contributed by atoms with Gasteiger partial charge in [0.2, 0.25) is 11.8 Å². The van der Waals surface area contributed by atoms with Gasteiger partial charge in [0.1, 0.15) is 18.0 Å². The van der Waals surface area contributed by atoms with Gasteiger partial charge in [0, 0.05) is 70.5 Å². The molecule has 2 aliphatic heterocycles. The zero-order valence-electron chi connectivity index (χ0n) is 29.3. The van der Waals surface area contributed by atoms with Crippen molar-refractivity contribution in [2.45, 2.75) is 38.3 Å². The number of aromatic nitrogens is 3. The number of fused-ring (bicyclic) bond motifs is 2. The van der Waals surface area contributed by atoms with Gasteiger partial charge >= 0.3 is 6.03 Å². The molecule has 12 nitrogen and oxygen atoms in total. The van der Waals surface area contributed by atoms with Gasteiger partial charge in [-0.05, 0) is 47.0 Å². The van der Waals surface area contributed by atoms with Gasteiger partial charge < -0.3 is 20.2 Å². The first-order valence-electron chi connectivity index (χ1n) is 17.6. The number of pyridine rings is 1. The van der Waals surface area contributed by atoms with Crippen LogP contribution in [0.25, 0.3) is 16.6 Å². The van der Waals surface area contributed by atoms with Crippen LogP contribution in [0.3, 0.4) is 0 Å². The summed E-state index contributed by atoms with van der Waals surface area (Å²) in [5, 5.41) is 21.9. The average molecular weight is 891 g/mol. The summed E-state index contributed by atoms with van der Waals surface area (Å²) in [5.74, 6) is -0.382. The molecule has 4 aromatic carbocycles. The predicted octanol–water partition coefficient (Wildman–Crippen LogP) is 4.87. The van der Waals surface area contributed by atoms with Crippen LogP contribution in [0.4, 0.5) is 4.79 Å². The second kappa shape index (κ2) is 16.0. The Labute approximate surface area is 326 Å². The molecule has 272 valence electrons. The molecule has 2 saturated heterocycles. The number of hydrogen-bond donors (Lipinski definition) is 2. The number of carbonyl (C=O) groups excluding carboxylic acids is 3. The summed E-state index contributed by atoms with van der Waals surface area (Å²) < 4.78 is 1.76. The third kappa shape index (κ3) is 7.62. The van der Waals surface area contributed by atoms with Crippen molar-refractivity contribution in [2.75, 3.05) is 13.1 Å². The van der Waals surface area contributed by atoms with Crippen LogP contribution in [-0.2, 0) is 56.7 Å². The fraction of sp³-hybridized carbons (Fsp3) is 0.195. The second-order valence-electron chi connectivity index (χ2n) is 13.3. The van der Waals surface area contributed by atoms with E-state index in [2.05, 4.69) is 15.4 Å². The van der Waals surface area contributed by atoms with Crippen LogP contribution in [0.2, 0.25) is 0 Å². The summed E-state index contributed by atoms with van der Waals surface area (Å²) in [7, 11) is 0. The molecule has 6 aromatic rings. The Kier molecular flexibility index (Phi) is 10.8.